The van der Waals surface area contributed by atoms with E-state index in [0.717, 1.165) is 24.8 Å². The smallest absolute Gasteiger partial charge is 0.249 e. The van der Waals surface area contributed by atoms with Crippen LogP contribution < -0.4 is 5.32 Å². The normalized spacial score (nSPS) is 19.6. The number of carbonyl (C=O) groups excluding carboxylic acids is 2. The van der Waals surface area contributed by atoms with Gasteiger partial charge in [-0.25, -0.2) is 0 Å². The van der Waals surface area contributed by atoms with Crippen LogP contribution in [0.2, 0.25) is 0 Å². The fourth-order valence-electron chi connectivity index (χ4n) is 3.66. The molecule has 0 saturated carbocycles. The van der Waals surface area contributed by atoms with Crippen molar-refractivity contribution in [1.29, 1.82) is 0 Å². The average molecular weight is 346 g/mol. The Kier molecular flexibility index (Phi) is 5.53. The Bertz CT molecular complexity index is 631. The Balaban J connectivity index is 1.70. The number of ether oxygens (including phenoxy) is 1. The third-order valence-electron chi connectivity index (χ3n) is 5.15. The highest BCUT2D eigenvalue weighted by molar-refractivity contribution is 5.94. The lowest BCUT2D eigenvalue weighted by Crippen LogP contribution is -2.56. The van der Waals surface area contributed by atoms with Gasteiger partial charge in [0.1, 0.15) is 5.54 Å². The van der Waals surface area contributed by atoms with Crippen LogP contribution in [0.5, 0.6) is 0 Å². The van der Waals surface area contributed by atoms with E-state index >= 15 is 0 Å². The van der Waals surface area contributed by atoms with E-state index in [1.165, 1.54) is 0 Å². The summed E-state index contributed by atoms with van der Waals surface area (Å²) in [6.07, 6.45) is 9.62. The molecule has 2 heterocycles. The second-order valence-corrected chi connectivity index (χ2v) is 6.64. The van der Waals surface area contributed by atoms with Crippen molar-refractivity contribution < 1.29 is 14.3 Å². The molecule has 7 nitrogen and oxygen atoms in total. The summed E-state index contributed by atoms with van der Waals surface area (Å²) in [6, 6.07) is 1.82. The van der Waals surface area contributed by atoms with Gasteiger partial charge in [-0.1, -0.05) is 6.08 Å². The molecule has 1 saturated heterocycles. The first-order chi connectivity index (χ1) is 12.2. The zero-order valence-electron chi connectivity index (χ0n) is 14.7. The summed E-state index contributed by atoms with van der Waals surface area (Å²) >= 11 is 0. The van der Waals surface area contributed by atoms with Crippen LogP contribution in [0.25, 0.3) is 0 Å². The number of piperidine rings is 1. The number of nitrogens with zero attached hydrogens (tertiary/aromatic N) is 3. The fourth-order valence-corrected chi connectivity index (χ4v) is 3.66. The molecule has 7 heteroatoms. The standard InChI is InChI=1S/C18H26N4O3/c1-25-14-10-19-17(24)18(22-11-4-9-20-22)7-12-21(13-8-18)16(23)15-5-2-3-6-15/h4-5,9,11H,2-3,6-8,10,12-14H2,1H3,(H,19,24). The Morgan fingerprint density at radius 3 is 2.76 bits per heavy atom. The van der Waals surface area contributed by atoms with Gasteiger partial charge in [0.15, 0.2) is 0 Å². The highest BCUT2D eigenvalue weighted by Gasteiger charge is 2.44. The number of carbonyl (C=O) groups is 2. The summed E-state index contributed by atoms with van der Waals surface area (Å²) in [5.74, 6) is 0.0757. The first-order valence-corrected chi connectivity index (χ1v) is 8.93. The summed E-state index contributed by atoms with van der Waals surface area (Å²) < 4.78 is 6.75. The number of amides is 2. The number of aromatic nitrogens is 2. The topological polar surface area (TPSA) is 76.5 Å². The van der Waals surface area contributed by atoms with Crippen LogP contribution in [0, 0.1) is 0 Å². The third-order valence-corrected chi connectivity index (χ3v) is 5.15. The van der Waals surface area contributed by atoms with E-state index in [-0.39, 0.29) is 11.8 Å². The summed E-state index contributed by atoms with van der Waals surface area (Å²) in [6.45, 7) is 2.06. The molecule has 1 fully saturated rings. The average Bonchev–Trinajstić information content (AvgIpc) is 3.35. The molecule has 0 bridgehead atoms. The van der Waals surface area contributed by atoms with Gasteiger partial charge in [-0.15, -0.1) is 0 Å². The van der Waals surface area contributed by atoms with Crippen LogP contribution in [-0.4, -0.2) is 59.8 Å². The molecule has 25 heavy (non-hydrogen) atoms. The summed E-state index contributed by atoms with van der Waals surface area (Å²) in [5.41, 5.74) is 0.189. The van der Waals surface area contributed by atoms with E-state index < -0.39 is 5.54 Å². The first kappa shape index (κ1) is 17.7. The Hall–Kier alpha value is -2.15. The highest BCUT2D eigenvalue weighted by atomic mass is 16.5. The van der Waals surface area contributed by atoms with Crippen LogP contribution in [0.15, 0.2) is 30.1 Å². The van der Waals surface area contributed by atoms with Crippen molar-refractivity contribution >= 4 is 11.8 Å². The van der Waals surface area contributed by atoms with Crippen LogP contribution in [0.1, 0.15) is 32.1 Å². The molecule has 1 aliphatic heterocycles. The van der Waals surface area contributed by atoms with Gasteiger partial charge in [0.25, 0.3) is 0 Å². The Labute approximate surface area is 148 Å². The minimum absolute atomic E-state index is 0.0552. The number of hydrogen-bond donors (Lipinski definition) is 1. The predicted octanol–water partition coefficient (Wildman–Crippen LogP) is 1.07. The van der Waals surface area contributed by atoms with Gasteiger partial charge in [-0.3, -0.25) is 14.3 Å². The lowest BCUT2D eigenvalue weighted by Gasteiger charge is -2.40. The summed E-state index contributed by atoms with van der Waals surface area (Å²) in [7, 11) is 1.61. The number of rotatable bonds is 6. The van der Waals surface area contributed by atoms with Crippen molar-refractivity contribution in [2.45, 2.75) is 37.6 Å². The third kappa shape index (κ3) is 3.61. The zero-order valence-corrected chi connectivity index (χ0v) is 14.7. The van der Waals surface area contributed by atoms with Crippen molar-refractivity contribution in [2.24, 2.45) is 0 Å². The van der Waals surface area contributed by atoms with Crippen molar-refractivity contribution in [3.05, 3.63) is 30.1 Å². The maximum atomic E-state index is 12.9. The molecule has 0 aromatic carbocycles. The second kappa shape index (κ2) is 7.82. The lowest BCUT2D eigenvalue weighted by atomic mass is 9.86. The molecule has 136 valence electrons. The molecule has 0 radical (unpaired) electrons. The van der Waals surface area contributed by atoms with Crippen molar-refractivity contribution in [3.8, 4) is 0 Å². The maximum Gasteiger partial charge on any atom is 0.249 e. The van der Waals surface area contributed by atoms with Crippen molar-refractivity contribution in [3.63, 3.8) is 0 Å². The number of likely N-dealkylation sites (tertiary alicyclic amines) is 1. The summed E-state index contributed by atoms with van der Waals surface area (Å²) in [4.78, 5) is 27.4. The highest BCUT2D eigenvalue weighted by Crippen LogP contribution is 2.31. The van der Waals surface area contributed by atoms with Crippen LogP contribution >= 0.6 is 0 Å². The van der Waals surface area contributed by atoms with E-state index in [2.05, 4.69) is 16.5 Å². The van der Waals surface area contributed by atoms with Gasteiger partial charge in [0, 0.05) is 44.7 Å². The second-order valence-electron chi connectivity index (χ2n) is 6.64. The maximum absolute atomic E-state index is 12.9. The van der Waals surface area contributed by atoms with E-state index in [4.69, 9.17) is 4.74 Å². The minimum atomic E-state index is -0.738. The first-order valence-electron chi connectivity index (χ1n) is 8.93. The molecule has 0 unspecified atom stereocenters. The van der Waals surface area contributed by atoms with Gasteiger partial charge < -0.3 is 15.0 Å². The van der Waals surface area contributed by atoms with Gasteiger partial charge in [-0.05, 0) is 38.2 Å². The van der Waals surface area contributed by atoms with Gasteiger partial charge in [0.05, 0.1) is 6.61 Å². The molecule has 1 aromatic heterocycles. The zero-order chi connectivity index (χ0) is 17.7. The number of hydrogen-bond acceptors (Lipinski definition) is 4. The molecular formula is C18H26N4O3. The van der Waals surface area contributed by atoms with E-state index in [1.807, 2.05) is 17.2 Å². The van der Waals surface area contributed by atoms with Crippen molar-refractivity contribution in [2.75, 3.05) is 33.4 Å². The molecule has 0 spiro atoms. The van der Waals surface area contributed by atoms with Gasteiger partial charge >= 0.3 is 0 Å². The van der Waals surface area contributed by atoms with Crippen molar-refractivity contribution in [1.82, 2.24) is 20.0 Å². The van der Waals surface area contributed by atoms with E-state index in [1.54, 1.807) is 18.0 Å². The minimum Gasteiger partial charge on any atom is -0.383 e. The van der Waals surface area contributed by atoms with Crippen LogP contribution in [-0.2, 0) is 19.9 Å². The van der Waals surface area contributed by atoms with Crippen LogP contribution in [0.3, 0.4) is 0 Å². The van der Waals surface area contributed by atoms with Gasteiger partial charge in [0.2, 0.25) is 11.8 Å². The molecule has 1 aromatic rings. The SMILES string of the molecule is COCCNC(=O)C1(n2cccn2)CCN(C(=O)C2=CCCC2)CC1. The fraction of sp³-hybridized carbons (Fsp3) is 0.611. The number of nitrogens with one attached hydrogen (secondary N) is 1. The van der Waals surface area contributed by atoms with E-state index in [0.29, 0.717) is 39.1 Å². The molecule has 2 aliphatic rings. The molecule has 1 N–H and O–H groups in total. The molecule has 0 atom stereocenters. The van der Waals surface area contributed by atoms with Gasteiger partial charge in [-0.2, -0.15) is 5.10 Å². The molecule has 2 amide bonds. The summed E-state index contributed by atoms with van der Waals surface area (Å²) in [5, 5.41) is 7.26. The predicted molar refractivity (Wildman–Crippen MR) is 92.8 cm³/mol. The number of allylic oxidation sites excluding steroid dienone is 1. The number of methoxy groups -OCH3 is 1. The largest absolute Gasteiger partial charge is 0.383 e. The molecule has 1 aliphatic carbocycles. The Morgan fingerprint density at radius 2 is 2.16 bits per heavy atom. The van der Waals surface area contributed by atoms with Crippen LogP contribution in [0.4, 0.5) is 0 Å². The van der Waals surface area contributed by atoms with E-state index in [9.17, 15) is 9.59 Å². The quantitative estimate of drug-likeness (QED) is 0.782. The Morgan fingerprint density at radius 1 is 1.36 bits per heavy atom. The molecule has 3 rings (SSSR count). The molecular weight excluding hydrogens is 320 g/mol. The monoisotopic (exact) mass is 346 g/mol. The lowest BCUT2D eigenvalue weighted by molar-refractivity contribution is -0.138.